The van der Waals surface area contributed by atoms with E-state index in [1.54, 1.807) is 6.92 Å². The van der Waals surface area contributed by atoms with Gasteiger partial charge in [0.25, 0.3) is 29.0 Å². The molecule has 0 aromatic carbocycles. The first-order chi connectivity index (χ1) is 17.7. The molecule has 2 aromatic heterocycles. The maximum Gasteiger partial charge on any atom is 0.280 e. The highest BCUT2D eigenvalue weighted by Gasteiger charge is 2.39. The van der Waals surface area contributed by atoms with E-state index in [1.807, 2.05) is 0 Å². The van der Waals surface area contributed by atoms with Crippen LogP contribution in [0.25, 0.3) is 11.0 Å². The van der Waals surface area contributed by atoms with Gasteiger partial charge in [0.1, 0.15) is 12.3 Å². The number of nitrogen functional groups attached to an aromatic ring is 1. The van der Waals surface area contributed by atoms with Gasteiger partial charge in [-0.05, 0) is 6.92 Å². The van der Waals surface area contributed by atoms with E-state index in [1.165, 1.54) is 16.8 Å². The molecule has 0 saturated carbocycles. The number of fused-ring (bicyclic) bond motifs is 1. The number of hydrogen-bond donors (Lipinski definition) is 2. The molecule has 20 heteroatoms. The molecule has 0 bridgehead atoms. The number of aromatic amines is 1. The molecule has 1 saturated heterocycles. The Morgan fingerprint density at radius 1 is 1.29 bits per heavy atom. The van der Waals surface area contributed by atoms with E-state index in [9.17, 15) is 33.2 Å². The van der Waals surface area contributed by atoms with Crippen LogP contribution in [0.4, 0.5) is 5.95 Å². The van der Waals surface area contributed by atoms with Crippen LogP contribution in [0.2, 0.25) is 0 Å². The molecule has 17 nitrogen and oxygen atoms in total. The number of nitrogens with zero attached hydrogens (tertiary/aromatic N) is 2. The first-order valence-electron chi connectivity index (χ1n) is 10.5. The maximum atomic E-state index is 12.5. The molecular formula is C18H22N4O13P3-3. The summed E-state index contributed by atoms with van der Waals surface area (Å²) in [4.78, 5) is 53.9. The van der Waals surface area contributed by atoms with Crippen molar-refractivity contribution < 1.29 is 55.5 Å². The van der Waals surface area contributed by atoms with Crippen molar-refractivity contribution in [1.82, 2.24) is 14.5 Å². The topological polar surface area (TPSA) is 252 Å². The number of phosphoric acid groups is 3. The minimum absolute atomic E-state index is 0.0338. The summed E-state index contributed by atoms with van der Waals surface area (Å²) >= 11 is 0. The van der Waals surface area contributed by atoms with Crippen molar-refractivity contribution >= 4 is 40.4 Å². The van der Waals surface area contributed by atoms with Crippen LogP contribution < -0.4 is 26.0 Å². The fourth-order valence-electron chi connectivity index (χ4n) is 3.49. The van der Waals surface area contributed by atoms with Gasteiger partial charge >= 0.3 is 0 Å². The average molecular weight is 595 g/mol. The summed E-state index contributed by atoms with van der Waals surface area (Å²) in [7, 11) is -16.4. The molecule has 3 heterocycles. The van der Waals surface area contributed by atoms with E-state index in [2.05, 4.69) is 46.1 Å². The molecule has 1 fully saturated rings. The van der Waals surface area contributed by atoms with Gasteiger partial charge in [0.15, 0.2) is 5.65 Å². The predicted octanol–water partition coefficient (Wildman–Crippen LogP) is -0.362. The van der Waals surface area contributed by atoms with Crippen molar-refractivity contribution in [3.05, 3.63) is 34.8 Å². The summed E-state index contributed by atoms with van der Waals surface area (Å²) in [6.07, 6.45) is 0.207. The molecule has 0 spiro atoms. The third-order valence-electron chi connectivity index (χ3n) is 4.90. The first-order valence-corrected chi connectivity index (χ1v) is 14.9. The monoisotopic (exact) mass is 595 g/mol. The maximum absolute atomic E-state index is 12.5. The predicted molar refractivity (Wildman–Crippen MR) is 124 cm³/mol. The van der Waals surface area contributed by atoms with E-state index in [-0.39, 0.29) is 30.0 Å². The Balaban J connectivity index is 1.83. The van der Waals surface area contributed by atoms with Gasteiger partial charge in [0.05, 0.1) is 30.3 Å². The van der Waals surface area contributed by atoms with Gasteiger partial charge in [-0.25, -0.2) is 8.62 Å². The number of ether oxygens (including phenoxy) is 2. The molecule has 210 valence electrons. The molecule has 3 rings (SSSR count). The Morgan fingerprint density at radius 3 is 2.61 bits per heavy atom. The van der Waals surface area contributed by atoms with E-state index in [0.717, 1.165) is 0 Å². The smallest absolute Gasteiger partial charge is 0.280 e. The zero-order valence-electron chi connectivity index (χ0n) is 19.8. The second kappa shape index (κ2) is 11.9. The van der Waals surface area contributed by atoms with Gasteiger partial charge in [-0.15, -0.1) is 12.5 Å². The van der Waals surface area contributed by atoms with Crippen molar-refractivity contribution in [1.29, 1.82) is 0 Å². The fourth-order valence-corrected chi connectivity index (χ4v) is 6.62. The fraction of sp³-hybridized carbons (Fsp3) is 0.444. The van der Waals surface area contributed by atoms with E-state index < -0.39 is 54.1 Å². The summed E-state index contributed by atoms with van der Waals surface area (Å²) in [6.45, 7) is 4.33. The molecule has 1 aliphatic heterocycles. The van der Waals surface area contributed by atoms with Crippen LogP contribution in [-0.2, 0) is 40.8 Å². The van der Waals surface area contributed by atoms with Crippen LogP contribution in [0.5, 0.6) is 0 Å². The normalized spacial score (nSPS) is 24.2. The van der Waals surface area contributed by atoms with E-state index in [0.29, 0.717) is 12.7 Å². The molecule has 0 radical (unpaired) electrons. The SMILES string of the molecule is C=CCOC1C[C@H](n2cc(C#CC)c3c(=O)[nH]c(N)nc32)O[C@@H]1COP(=O)([O-])OP(=O)([O-])OP(=O)([O-])OC. The first kappa shape index (κ1) is 30.4. The summed E-state index contributed by atoms with van der Waals surface area (Å²) in [5, 5.41) is 0.149. The molecule has 0 aliphatic carbocycles. The van der Waals surface area contributed by atoms with E-state index >= 15 is 0 Å². The van der Waals surface area contributed by atoms with Gasteiger partial charge in [0.2, 0.25) is 5.95 Å². The van der Waals surface area contributed by atoms with Gasteiger partial charge in [-0.1, -0.05) is 12.0 Å². The number of nitrogens with two attached hydrogens (primary N) is 1. The van der Waals surface area contributed by atoms with Crippen molar-refractivity contribution in [3.8, 4) is 11.8 Å². The number of H-pyrrole nitrogens is 1. The Bertz CT molecular complexity index is 1460. The number of phosphoric ester groups is 2. The van der Waals surface area contributed by atoms with Crippen LogP contribution in [0, 0.1) is 11.8 Å². The molecule has 3 N–H and O–H groups in total. The summed E-state index contributed by atoms with van der Waals surface area (Å²) < 4.78 is 63.6. The lowest BCUT2D eigenvalue weighted by Gasteiger charge is -2.34. The van der Waals surface area contributed by atoms with Gasteiger partial charge < -0.3 is 43.5 Å². The van der Waals surface area contributed by atoms with E-state index in [4.69, 9.17) is 15.2 Å². The van der Waals surface area contributed by atoms with Crippen molar-refractivity contribution in [2.45, 2.75) is 31.8 Å². The van der Waals surface area contributed by atoms with Gasteiger partial charge in [-0.2, -0.15) is 4.98 Å². The third kappa shape index (κ3) is 7.49. The Labute approximate surface area is 215 Å². The molecule has 0 amide bonds. The third-order valence-corrected chi connectivity index (χ3v) is 9.01. The van der Waals surface area contributed by atoms with Gasteiger partial charge in [-0.3, -0.25) is 23.5 Å². The lowest BCUT2D eigenvalue weighted by molar-refractivity contribution is -0.251. The van der Waals surface area contributed by atoms with Crippen LogP contribution in [-0.4, -0.2) is 47.1 Å². The average Bonchev–Trinajstić information content (AvgIpc) is 3.36. The number of aromatic nitrogens is 3. The molecule has 6 atom stereocenters. The lowest BCUT2D eigenvalue weighted by atomic mass is 10.2. The number of anilines is 1. The van der Waals surface area contributed by atoms with Crippen LogP contribution >= 0.6 is 23.5 Å². The number of hydrogen-bond acceptors (Lipinski definition) is 15. The minimum atomic E-state index is -5.95. The van der Waals surface area contributed by atoms with Crippen LogP contribution in [0.15, 0.2) is 23.6 Å². The Hall–Kier alpha value is -2.15. The van der Waals surface area contributed by atoms with Crippen LogP contribution in [0.3, 0.4) is 0 Å². The van der Waals surface area contributed by atoms with Crippen LogP contribution in [0.1, 0.15) is 25.1 Å². The molecular weight excluding hydrogens is 573 g/mol. The lowest BCUT2D eigenvalue weighted by Crippen LogP contribution is -2.30. The standard InChI is InChI=1S/C18H25N4O13P3/c1-4-6-11-9-22(16-15(11)17(23)21-18(19)20-16)14-8-12(31-7-5-2)13(33-14)10-32-37(26,27)35-38(28,29)34-36(24,25)30-3/h5,9,12-14H,2,7-8,10H2,1,3H3,(H,24,25)(H,26,27)(H,28,29)(H3,19,20,21,23)/p-3/t12?,13-,14-/m1/s1. The van der Waals surface area contributed by atoms with Gasteiger partial charge in [0, 0.05) is 19.7 Å². The van der Waals surface area contributed by atoms with Crippen molar-refractivity contribution in [3.63, 3.8) is 0 Å². The van der Waals surface area contributed by atoms with Crippen molar-refractivity contribution in [2.24, 2.45) is 0 Å². The molecule has 2 aromatic rings. The highest BCUT2D eigenvalue weighted by Crippen LogP contribution is 2.62. The Kier molecular flexibility index (Phi) is 9.54. The molecule has 4 unspecified atom stereocenters. The number of rotatable bonds is 12. The second-order valence-corrected chi connectivity index (χ2v) is 12.1. The zero-order valence-corrected chi connectivity index (χ0v) is 22.5. The summed E-state index contributed by atoms with van der Waals surface area (Å²) in [5.74, 6) is 5.31. The molecule has 1 aliphatic rings. The largest absolute Gasteiger partial charge is 0.756 e. The molecule has 38 heavy (non-hydrogen) atoms. The quantitative estimate of drug-likeness (QED) is 0.180. The minimum Gasteiger partial charge on any atom is -0.756 e. The second-order valence-electron chi connectivity index (χ2n) is 7.48. The Morgan fingerprint density at radius 2 is 1.97 bits per heavy atom. The highest BCUT2D eigenvalue weighted by molar-refractivity contribution is 7.65. The highest BCUT2D eigenvalue weighted by atomic mass is 31.3. The summed E-state index contributed by atoms with van der Waals surface area (Å²) in [6, 6.07) is 0. The summed E-state index contributed by atoms with van der Waals surface area (Å²) in [5.41, 5.74) is 5.63. The number of nitrogens with one attached hydrogen (secondary N) is 1. The zero-order chi connectivity index (χ0) is 28.3. The van der Waals surface area contributed by atoms with Crippen molar-refractivity contribution in [2.75, 3.05) is 26.1 Å².